The van der Waals surface area contributed by atoms with E-state index in [-0.39, 0.29) is 5.57 Å². The molecule has 0 bridgehead atoms. The summed E-state index contributed by atoms with van der Waals surface area (Å²) in [7, 11) is 0. The highest BCUT2D eigenvalue weighted by molar-refractivity contribution is 6.39. The van der Waals surface area contributed by atoms with Crippen LogP contribution < -0.4 is 15.0 Å². The Kier molecular flexibility index (Phi) is 5.68. The van der Waals surface area contributed by atoms with Crippen molar-refractivity contribution in [3.05, 3.63) is 64.7 Å². The fourth-order valence-corrected chi connectivity index (χ4v) is 2.92. The first-order valence-electron chi connectivity index (χ1n) is 9.16. The van der Waals surface area contributed by atoms with E-state index < -0.39 is 29.9 Å². The van der Waals surface area contributed by atoms with Gasteiger partial charge in [0, 0.05) is 0 Å². The highest BCUT2D eigenvalue weighted by Gasteiger charge is 2.37. The van der Waals surface area contributed by atoms with Crippen molar-refractivity contribution in [1.82, 2.24) is 5.32 Å². The Morgan fingerprint density at radius 1 is 1.10 bits per heavy atom. The van der Waals surface area contributed by atoms with Crippen molar-refractivity contribution in [3.8, 4) is 5.75 Å². The number of urea groups is 1. The first-order chi connectivity index (χ1) is 14.2. The minimum absolute atomic E-state index is 0.192. The maximum atomic E-state index is 13.0. The number of carbonyl (C=O) groups excluding carboxylic acids is 3. The van der Waals surface area contributed by atoms with Gasteiger partial charge >= 0.3 is 12.0 Å². The Bertz CT molecular complexity index is 1070. The summed E-state index contributed by atoms with van der Waals surface area (Å²) in [5, 5.41) is 11.1. The summed E-state index contributed by atoms with van der Waals surface area (Å²) in [6.07, 6.45) is 0.351. The molecular weight excluding hydrogens is 388 g/mol. The largest absolute Gasteiger partial charge is 0.479 e. The Hall–Kier alpha value is -3.94. The number of benzene rings is 2. The van der Waals surface area contributed by atoms with Gasteiger partial charge in [0.15, 0.2) is 6.10 Å². The molecule has 1 saturated heterocycles. The van der Waals surface area contributed by atoms with E-state index in [1.165, 1.54) is 25.1 Å². The van der Waals surface area contributed by atoms with Gasteiger partial charge in [0.25, 0.3) is 11.8 Å². The van der Waals surface area contributed by atoms with Crippen LogP contribution in [0.25, 0.3) is 6.08 Å². The van der Waals surface area contributed by atoms with E-state index in [1.807, 2.05) is 13.0 Å². The van der Waals surface area contributed by atoms with E-state index in [1.54, 1.807) is 31.2 Å². The van der Waals surface area contributed by atoms with Crippen LogP contribution in [0.4, 0.5) is 10.5 Å². The number of rotatable bonds is 5. The van der Waals surface area contributed by atoms with Crippen LogP contribution in [0.1, 0.15) is 23.6 Å². The molecule has 1 atom stereocenters. The van der Waals surface area contributed by atoms with Crippen LogP contribution in [-0.2, 0) is 14.4 Å². The lowest BCUT2D eigenvalue weighted by Crippen LogP contribution is -2.54. The first kappa shape index (κ1) is 20.8. The van der Waals surface area contributed by atoms with Crippen LogP contribution in [0.2, 0.25) is 0 Å². The average Bonchev–Trinajstić information content (AvgIpc) is 2.69. The second-order valence-corrected chi connectivity index (χ2v) is 6.84. The number of hydrogen-bond donors (Lipinski definition) is 2. The fraction of sp³-hybridized carbons (Fsp3) is 0.182. The molecule has 0 radical (unpaired) electrons. The van der Waals surface area contributed by atoms with Gasteiger partial charge in [-0.3, -0.25) is 14.9 Å². The molecule has 4 amide bonds. The molecule has 1 aliphatic heterocycles. The Morgan fingerprint density at radius 3 is 2.40 bits per heavy atom. The molecule has 1 fully saturated rings. The third-order valence-electron chi connectivity index (χ3n) is 4.77. The van der Waals surface area contributed by atoms with Crippen molar-refractivity contribution in [2.75, 3.05) is 4.90 Å². The maximum absolute atomic E-state index is 13.0. The van der Waals surface area contributed by atoms with E-state index in [2.05, 4.69) is 5.32 Å². The summed E-state index contributed by atoms with van der Waals surface area (Å²) in [6, 6.07) is 10.7. The molecule has 0 unspecified atom stereocenters. The lowest BCUT2D eigenvalue weighted by Gasteiger charge is -2.28. The van der Waals surface area contributed by atoms with Crippen LogP contribution in [0.3, 0.4) is 0 Å². The van der Waals surface area contributed by atoms with Gasteiger partial charge < -0.3 is 9.84 Å². The maximum Gasteiger partial charge on any atom is 0.344 e. The quantitative estimate of drug-likeness (QED) is 0.581. The monoisotopic (exact) mass is 408 g/mol. The number of anilines is 1. The number of nitrogens with one attached hydrogen (secondary N) is 1. The zero-order valence-electron chi connectivity index (χ0n) is 16.6. The number of nitrogens with zero attached hydrogens (tertiary/aromatic N) is 1. The van der Waals surface area contributed by atoms with Gasteiger partial charge in [0.2, 0.25) is 0 Å². The van der Waals surface area contributed by atoms with Crippen LogP contribution >= 0.6 is 0 Å². The van der Waals surface area contributed by atoms with Gasteiger partial charge in [-0.25, -0.2) is 14.5 Å². The van der Waals surface area contributed by atoms with Gasteiger partial charge in [-0.1, -0.05) is 24.3 Å². The molecule has 30 heavy (non-hydrogen) atoms. The zero-order chi connectivity index (χ0) is 22.0. The summed E-state index contributed by atoms with van der Waals surface area (Å²) < 4.78 is 5.26. The van der Waals surface area contributed by atoms with Crippen molar-refractivity contribution >= 4 is 35.6 Å². The first-order valence-corrected chi connectivity index (χ1v) is 9.16. The molecule has 8 heteroatoms. The van der Waals surface area contributed by atoms with E-state index >= 15 is 0 Å². The summed E-state index contributed by atoms with van der Waals surface area (Å²) in [5.74, 6) is -2.27. The molecule has 1 heterocycles. The summed E-state index contributed by atoms with van der Waals surface area (Å²) in [5.41, 5.74) is 2.38. The standard InChI is InChI=1S/C22H20N2O6/c1-12-5-4-6-18(13(12)2)24-20(26)17(19(25)23-22(24)29)11-15-7-9-16(10-8-15)30-14(3)21(27)28/h4-11,14H,1-3H3,(H,27,28)(H,23,25,29)/b17-11+/t14-/m1/s1. The Balaban J connectivity index is 1.91. The van der Waals surface area contributed by atoms with Crippen molar-refractivity contribution < 1.29 is 29.0 Å². The number of carboxylic acids is 1. The summed E-state index contributed by atoms with van der Waals surface area (Å²) in [6.45, 7) is 5.06. The molecule has 3 rings (SSSR count). The second kappa shape index (κ2) is 8.20. The second-order valence-electron chi connectivity index (χ2n) is 6.84. The molecule has 0 spiro atoms. The number of aliphatic carboxylic acids is 1. The predicted octanol–water partition coefficient (Wildman–Crippen LogP) is 2.82. The third-order valence-corrected chi connectivity index (χ3v) is 4.77. The SMILES string of the molecule is Cc1cccc(N2C(=O)NC(=O)/C(=C\c3ccc(O[C@H](C)C(=O)O)cc3)C2=O)c1C. The Morgan fingerprint density at radius 2 is 1.77 bits per heavy atom. The van der Waals surface area contributed by atoms with Crippen molar-refractivity contribution in [2.24, 2.45) is 0 Å². The van der Waals surface area contributed by atoms with Crippen molar-refractivity contribution in [2.45, 2.75) is 26.9 Å². The number of carbonyl (C=O) groups is 4. The molecule has 1 aliphatic rings. The number of hydrogen-bond acceptors (Lipinski definition) is 5. The van der Waals surface area contributed by atoms with Crippen molar-refractivity contribution in [1.29, 1.82) is 0 Å². The summed E-state index contributed by atoms with van der Waals surface area (Å²) >= 11 is 0. The van der Waals surface area contributed by atoms with Gasteiger partial charge in [0.05, 0.1) is 5.69 Å². The van der Waals surface area contributed by atoms with Crippen LogP contribution in [0.5, 0.6) is 5.75 Å². The molecule has 0 aromatic heterocycles. The molecule has 154 valence electrons. The Labute approximate surface area is 172 Å². The number of aryl methyl sites for hydroxylation is 1. The molecular formula is C22H20N2O6. The van der Waals surface area contributed by atoms with E-state index in [4.69, 9.17) is 9.84 Å². The van der Waals surface area contributed by atoms with Gasteiger partial charge in [-0.15, -0.1) is 0 Å². The average molecular weight is 408 g/mol. The summed E-state index contributed by atoms with van der Waals surface area (Å²) in [4.78, 5) is 49.5. The lowest BCUT2D eigenvalue weighted by molar-refractivity contribution is -0.144. The smallest absolute Gasteiger partial charge is 0.344 e. The van der Waals surface area contributed by atoms with Crippen molar-refractivity contribution in [3.63, 3.8) is 0 Å². The normalized spacial score (nSPS) is 16.4. The molecule has 2 aromatic rings. The number of barbiturate groups is 1. The van der Waals surface area contributed by atoms with Gasteiger partial charge in [-0.05, 0) is 61.7 Å². The van der Waals surface area contributed by atoms with E-state index in [0.717, 1.165) is 16.0 Å². The minimum Gasteiger partial charge on any atom is -0.479 e. The predicted molar refractivity (Wildman–Crippen MR) is 109 cm³/mol. The lowest BCUT2D eigenvalue weighted by atomic mass is 10.0. The van der Waals surface area contributed by atoms with Gasteiger partial charge in [0.1, 0.15) is 11.3 Å². The highest BCUT2D eigenvalue weighted by Crippen LogP contribution is 2.27. The number of carboxylic acid groups (broad SMARTS) is 1. The highest BCUT2D eigenvalue weighted by atomic mass is 16.5. The number of imide groups is 2. The van der Waals surface area contributed by atoms with Crippen LogP contribution in [-0.4, -0.2) is 35.0 Å². The topological polar surface area (TPSA) is 113 Å². The fourth-order valence-electron chi connectivity index (χ4n) is 2.92. The van der Waals surface area contributed by atoms with Crippen LogP contribution in [0.15, 0.2) is 48.0 Å². The third kappa shape index (κ3) is 4.07. The number of ether oxygens (including phenoxy) is 1. The molecule has 0 aliphatic carbocycles. The van der Waals surface area contributed by atoms with E-state index in [9.17, 15) is 19.2 Å². The number of amides is 4. The molecule has 2 aromatic carbocycles. The minimum atomic E-state index is -1.10. The zero-order valence-corrected chi connectivity index (χ0v) is 16.6. The molecule has 2 N–H and O–H groups in total. The van der Waals surface area contributed by atoms with Gasteiger partial charge in [-0.2, -0.15) is 0 Å². The van der Waals surface area contributed by atoms with Crippen LogP contribution in [0, 0.1) is 13.8 Å². The molecule has 0 saturated carbocycles. The molecule has 8 nitrogen and oxygen atoms in total. The van der Waals surface area contributed by atoms with E-state index in [0.29, 0.717) is 17.0 Å².